The number of rotatable bonds is 6. The number of benzene rings is 2. The molecular formula is C18H17NO5. The Balaban J connectivity index is 2.08. The third kappa shape index (κ3) is 5.49. The van der Waals surface area contributed by atoms with Crippen LogP contribution in [0, 0.1) is 0 Å². The minimum absolute atomic E-state index is 0.0901. The first-order valence-corrected chi connectivity index (χ1v) is 7.25. The smallest absolute Gasteiger partial charge is 0.412 e. The highest BCUT2D eigenvalue weighted by Gasteiger charge is 2.16. The molecule has 2 rings (SSSR count). The number of hydrogen-bond acceptors (Lipinski definition) is 4. The van der Waals surface area contributed by atoms with Crippen molar-refractivity contribution in [2.24, 2.45) is 0 Å². The van der Waals surface area contributed by atoms with Gasteiger partial charge in [-0.1, -0.05) is 36.4 Å². The first-order valence-electron chi connectivity index (χ1n) is 7.25. The number of carbonyl (C=O) groups is 2. The van der Waals surface area contributed by atoms with Crippen LogP contribution >= 0.6 is 0 Å². The Bertz CT molecular complexity index is 710. The summed E-state index contributed by atoms with van der Waals surface area (Å²) >= 11 is 0. The summed E-state index contributed by atoms with van der Waals surface area (Å²) in [5, 5.41) is 20.6. The molecule has 6 nitrogen and oxygen atoms in total. The highest BCUT2D eigenvalue weighted by molar-refractivity contribution is 5.84. The van der Waals surface area contributed by atoms with Crippen molar-refractivity contribution in [3.63, 3.8) is 0 Å². The number of ether oxygens (including phenoxy) is 1. The van der Waals surface area contributed by atoms with Crippen LogP contribution in [0.25, 0.3) is 0 Å². The second kappa shape index (κ2) is 8.38. The molecule has 0 aliphatic carbocycles. The fourth-order valence-electron chi connectivity index (χ4n) is 2.03. The summed E-state index contributed by atoms with van der Waals surface area (Å²) in [5.41, 5.74) is 1.24. The van der Waals surface area contributed by atoms with Crippen LogP contribution in [-0.2, 0) is 9.53 Å². The van der Waals surface area contributed by atoms with Gasteiger partial charge in [-0.2, -0.15) is 0 Å². The van der Waals surface area contributed by atoms with E-state index < -0.39 is 18.2 Å². The third-order valence-corrected chi connectivity index (χ3v) is 3.14. The van der Waals surface area contributed by atoms with E-state index in [-0.39, 0.29) is 12.2 Å². The number of aromatic hydroxyl groups is 1. The van der Waals surface area contributed by atoms with Crippen LogP contribution in [0.4, 0.5) is 10.5 Å². The Morgan fingerprint density at radius 3 is 2.38 bits per heavy atom. The van der Waals surface area contributed by atoms with Crippen molar-refractivity contribution in [3.05, 3.63) is 72.3 Å². The van der Waals surface area contributed by atoms with Crippen molar-refractivity contribution in [1.82, 2.24) is 0 Å². The lowest BCUT2D eigenvalue weighted by atomic mass is 10.1. The molecule has 2 aromatic carbocycles. The van der Waals surface area contributed by atoms with Crippen LogP contribution in [0.1, 0.15) is 18.1 Å². The fourth-order valence-corrected chi connectivity index (χ4v) is 2.03. The molecule has 0 unspecified atom stereocenters. The van der Waals surface area contributed by atoms with Crippen molar-refractivity contribution in [1.29, 1.82) is 0 Å². The second-order valence-corrected chi connectivity index (χ2v) is 4.95. The van der Waals surface area contributed by atoms with Gasteiger partial charge in [0.05, 0.1) is 0 Å². The van der Waals surface area contributed by atoms with Crippen LogP contribution in [-0.4, -0.2) is 22.3 Å². The van der Waals surface area contributed by atoms with Gasteiger partial charge in [0.1, 0.15) is 11.9 Å². The van der Waals surface area contributed by atoms with E-state index in [0.717, 1.165) is 6.08 Å². The lowest BCUT2D eigenvalue weighted by Gasteiger charge is -2.17. The number of hydrogen-bond donors (Lipinski definition) is 3. The molecule has 124 valence electrons. The summed E-state index contributed by atoms with van der Waals surface area (Å²) < 4.78 is 5.39. The molecule has 0 radical (unpaired) electrons. The summed E-state index contributed by atoms with van der Waals surface area (Å²) in [6.45, 7) is 0. The first-order chi connectivity index (χ1) is 11.5. The molecule has 1 atom stereocenters. The van der Waals surface area contributed by atoms with E-state index in [0.29, 0.717) is 11.3 Å². The van der Waals surface area contributed by atoms with Crippen LogP contribution in [0.3, 0.4) is 0 Å². The van der Waals surface area contributed by atoms with Gasteiger partial charge in [-0.15, -0.1) is 0 Å². The monoisotopic (exact) mass is 327 g/mol. The van der Waals surface area contributed by atoms with Crippen molar-refractivity contribution >= 4 is 17.7 Å². The molecule has 0 aromatic heterocycles. The molecule has 0 heterocycles. The zero-order valence-electron chi connectivity index (χ0n) is 12.8. The Kier molecular flexibility index (Phi) is 5.96. The summed E-state index contributed by atoms with van der Waals surface area (Å²) in [7, 11) is 0. The fraction of sp³-hybridized carbons (Fsp3) is 0.111. The van der Waals surface area contributed by atoms with Gasteiger partial charge in [0.25, 0.3) is 0 Å². The lowest BCUT2D eigenvalue weighted by Crippen LogP contribution is -2.17. The van der Waals surface area contributed by atoms with Crippen molar-refractivity contribution in [2.45, 2.75) is 12.5 Å². The zero-order chi connectivity index (χ0) is 17.4. The molecule has 0 spiro atoms. The summed E-state index contributed by atoms with van der Waals surface area (Å²) in [4.78, 5) is 22.6. The summed E-state index contributed by atoms with van der Waals surface area (Å²) in [6.07, 6.45) is 1.27. The van der Waals surface area contributed by atoms with Gasteiger partial charge in [-0.05, 0) is 29.8 Å². The molecule has 0 aliphatic rings. The number of phenols is 1. The topological polar surface area (TPSA) is 95.9 Å². The van der Waals surface area contributed by atoms with Gasteiger partial charge in [0.2, 0.25) is 0 Å². The molecule has 24 heavy (non-hydrogen) atoms. The largest absolute Gasteiger partial charge is 0.508 e. The molecule has 6 heteroatoms. The predicted molar refractivity (Wildman–Crippen MR) is 88.8 cm³/mol. The highest BCUT2D eigenvalue weighted by atomic mass is 16.6. The molecule has 0 aliphatic heterocycles. The molecule has 0 saturated carbocycles. The minimum Gasteiger partial charge on any atom is -0.508 e. The average molecular weight is 327 g/mol. The van der Waals surface area contributed by atoms with Gasteiger partial charge >= 0.3 is 12.1 Å². The van der Waals surface area contributed by atoms with E-state index in [4.69, 9.17) is 9.84 Å². The van der Waals surface area contributed by atoms with E-state index in [1.165, 1.54) is 18.2 Å². The first kappa shape index (κ1) is 17.1. The Morgan fingerprint density at radius 2 is 1.75 bits per heavy atom. The predicted octanol–water partition coefficient (Wildman–Crippen LogP) is 3.71. The molecule has 0 saturated heterocycles. The van der Waals surface area contributed by atoms with E-state index in [1.807, 2.05) is 6.07 Å². The molecular weight excluding hydrogens is 310 g/mol. The molecule has 0 fully saturated rings. The van der Waals surface area contributed by atoms with Crippen molar-refractivity contribution in [2.75, 3.05) is 5.32 Å². The number of phenolic OH excluding ortho intramolecular Hbond substituents is 1. The number of carboxylic acid groups (broad SMARTS) is 1. The second-order valence-electron chi connectivity index (χ2n) is 4.95. The van der Waals surface area contributed by atoms with Crippen LogP contribution in [0.5, 0.6) is 5.75 Å². The molecule has 2 aromatic rings. The van der Waals surface area contributed by atoms with Gasteiger partial charge < -0.3 is 14.9 Å². The molecule has 3 N–H and O–H groups in total. The summed E-state index contributed by atoms with van der Waals surface area (Å²) in [6, 6.07) is 15.0. The maximum Gasteiger partial charge on any atom is 0.412 e. The van der Waals surface area contributed by atoms with Crippen LogP contribution < -0.4 is 5.32 Å². The van der Waals surface area contributed by atoms with Crippen molar-refractivity contribution in [3.8, 4) is 5.75 Å². The van der Waals surface area contributed by atoms with E-state index in [2.05, 4.69) is 5.32 Å². The number of nitrogens with one attached hydrogen (secondary N) is 1. The van der Waals surface area contributed by atoms with Gasteiger partial charge in [0, 0.05) is 18.2 Å². The zero-order valence-corrected chi connectivity index (χ0v) is 12.8. The highest BCUT2D eigenvalue weighted by Crippen LogP contribution is 2.24. The quantitative estimate of drug-likeness (QED) is 0.703. The normalized spacial score (nSPS) is 11.8. The maximum absolute atomic E-state index is 12.0. The number of para-hydroxylation sites is 1. The summed E-state index contributed by atoms with van der Waals surface area (Å²) in [5.74, 6) is -0.986. The third-order valence-electron chi connectivity index (χ3n) is 3.14. The van der Waals surface area contributed by atoms with E-state index >= 15 is 0 Å². The number of carboxylic acids is 1. The van der Waals surface area contributed by atoms with Crippen LogP contribution in [0.2, 0.25) is 0 Å². The minimum atomic E-state index is -1.08. The SMILES string of the molecule is O=C(O)/C=C/C[C@H](OC(=O)Nc1ccccc1)c1ccc(O)cc1. The van der Waals surface area contributed by atoms with Gasteiger partial charge in [-0.25, -0.2) is 9.59 Å². The lowest BCUT2D eigenvalue weighted by molar-refractivity contribution is -0.131. The number of aliphatic carboxylic acids is 1. The van der Waals surface area contributed by atoms with Crippen molar-refractivity contribution < 1.29 is 24.5 Å². The van der Waals surface area contributed by atoms with Gasteiger partial charge in [0.15, 0.2) is 0 Å². The Labute approximate surface area is 139 Å². The standard InChI is InChI=1S/C18H17NO5/c20-15-11-9-13(10-12-15)16(7-4-8-17(21)22)24-18(23)19-14-5-2-1-3-6-14/h1-6,8-12,16,20H,7H2,(H,19,23)(H,21,22)/b8-4+/t16-/m0/s1. The Hall–Kier alpha value is -3.28. The number of anilines is 1. The number of amides is 1. The van der Waals surface area contributed by atoms with E-state index in [9.17, 15) is 14.7 Å². The van der Waals surface area contributed by atoms with Crippen LogP contribution in [0.15, 0.2) is 66.7 Å². The molecule has 1 amide bonds. The van der Waals surface area contributed by atoms with Gasteiger partial charge in [-0.3, -0.25) is 5.32 Å². The maximum atomic E-state index is 12.0. The van der Waals surface area contributed by atoms with E-state index in [1.54, 1.807) is 36.4 Å². The molecule has 0 bridgehead atoms. The Morgan fingerprint density at radius 1 is 1.08 bits per heavy atom. The average Bonchev–Trinajstić information content (AvgIpc) is 2.55. The number of carbonyl (C=O) groups excluding carboxylic acids is 1.